The first kappa shape index (κ1) is 23.1. The topological polar surface area (TPSA) is 84.2 Å². The van der Waals surface area contributed by atoms with Gasteiger partial charge in [-0.1, -0.05) is 30.9 Å². The smallest absolute Gasteiger partial charge is 0.253 e. The van der Waals surface area contributed by atoms with Crippen molar-refractivity contribution in [3.8, 4) is 0 Å². The van der Waals surface area contributed by atoms with E-state index in [1.165, 1.54) is 6.42 Å². The molecule has 2 amide bonds. The van der Waals surface area contributed by atoms with Gasteiger partial charge in [0, 0.05) is 11.7 Å². The number of carbonyl (C=O) groups excluding carboxylic acids is 2. The summed E-state index contributed by atoms with van der Waals surface area (Å²) in [5.74, 6) is 0.374. The summed E-state index contributed by atoms with van der Waals surface area (Å²) in [4.78, 5) is 24.6. The molecule has 1 aromatic carbocycles. The Kier molecular flexibility index (Phi) is 10.4. The van der Waals surface area contributed by atoms with Crippen LogP contribution in [0.4, 0.5) is 5.69 Å². The van der Waals surface area contributed by atoms with E-state index in [0.29, 0.717) is 22.7 Å². The number of rotatable bonds is 7. The molecule has 0 saturated heterocycles. The van der Waals surface area contributed by atoms with E-state index in [9.17, 15) is 9.59 Å². The molecule has 1 aromatic rings. The summed E-state index contributed by atoms with van der Waals surface area (Å²) in [7, 11) is 0. The molecular weight excluding hydrogens is 393 g/mol. The summed E-state index contributed by atoms with van der Waals surface area (Å²) in [6, 6.07) is 4.55. The molecule has 0 bridgehead atoms. The predicted molar refractivity (Wildman–Crippen MR) is 113 cm³/mol. The Morgan fingerprint density at radius 3 is 2.65 bits per heavy atom. The van der Waals surface area contributed by atoms with E-state index in [4.69, 9.17) is 17.3 Å². The molecule has 0 aromatic heterocycles. The Balaban J connectivity index is 0.00000338. The average molecular weight is 420 g/mol. The van der Waals surface area contributed by atoms with Crippen LogP contribution in [0.1, 0.15) is 48.9 Å². The molecule has 1 aliphatic rings. The highest BCUT2D eigenvalue weighted by molar-refractivity contribution is 7.98. The third-order valence-electron chi connectivity index (χ3n) is 4.39. The van der Waals surface area contributed by atoms with E-state index in [2.05, 4.69) is 10.6 Å². The zero-order valence-electron chi connectivity index (χ0n) is 14.9. The lowest BCUT2D eigenvalue weighted by molar-refractivity contribution is -0.117. The molecule has 0 radical (unpaired) electrons. The average Bonchev–Trinajstić information content (AvgIpc) is 2.61. The lowest BCUT2D eigenvalue weighted by Gasteiger charge is -2.23. The van der Waals surface area contributed by atoms with Crippen molar-refractivity contribution in [3.05, 3.63) is 28.8 Å². The van der Waals surface area contributed by atoms with Gasteiger partial charge in [0.05, 0.1) is 16.6 Å². The Bertz CT molecular complexity index is 610. The molecule has 1 aliphatic carbocycles. The molecular formula is C18H27Cl2N3O2S. The predicted octanol–water partition coefficient (Wildman–Crippen LogP) is 3.84. The number of carbonyl (C=O) groups is 2. The third-order valence-corrected chi connectivity index (χ3v) is 5.36. The maximum atomic E-state index is 12.5. The fraction of sp³-hybridized carbons (Fsp3) is 0.556. The molecule has 1 atom stereocenters. The number of hydrogen-bond acceptors (Lipinski definition) is 4. The normalized spacial score (nSPS) is 15.7. The van der Waals surface area contributed by atoms with Gasteiger partial charge >= 0.3 is 0 Å². The molecule has 2 rings (SSSR count). The number of halogens is 2. The van der Waals surface area contributed by atoms with Crippen LogP contribution in [0.5, 0.6) is 0 Å². The first-order valence-electron chi connectivity index (χ1n) is 8.67. The lowest BCUT2D eigenvalue weighted by atomic mass is 9.95. The van der Waals surface area contributed by atoms with Gasteiger partial charge in [-0.15, -0.1) is 12.4 Å². The number of thioether (sulfide) groups is 1. The van der Waals surface area contributed by atoms with Gasteiger partial charge in [0.25, 0.3) is 5.91 Å². The highest BCUT2D eigenvalue weighted by atomic mass is 35.5. The molecule has 0 aliphatic heterocycles. The molecule has 1 fully saturated rings. The molecule has 4 N–H and O–H groups in total. The van der Waals surface area contributed by atoms with Gasteiger partial charge in [0.1, 0.15) is 0 Å². The molecule has 26 heavy (non-hydrogen) atoms. The Morgan fingerprint density at radius 1 is 1.31 bits per heavy atom. The quantitative estimate of drug-likeness (QED) is 0.626. The number of nitrogens with two attached hydrogens (primary N) is 1. The van der Waals surface area contributed by atoms with Crippen LogP contribution >= 0.6 is 35.8 Å². The molecule has 0 spiro atoms. The number of nitrogens with one attached hydrogen (secondary N) is 2. The number of amides is 2. The van der Waals surface area contributed by atoms with Crippen LogP contribution in [0.3, 0.4) is 0 Å². The van der Waals surface area contributed by atoms with E-state index in [1.807, 2.05) is 6.26 Å². The number of anilines is 1. The van der Waals surface area contributed by atoms with Crippen LogP contribution in [-0.4, -0.2) is 35.9 Å². The van der Waals surface area contributed by atoms with Crippen molar-refractivity contribution in [2.75, 3.05) is 17.3 Å². The minimum atomic E-state index is -0.567. The van der Waals surface area contributed by atoms with Crippen molar-refractivity contribution < 1.29 is 9.59 Å². The summed E-state index contributed by atoms with van der Waals surface area (Å²) in [5.41, 5.74) is 6.78. The van der Waals surface area contributed by atoms with Crippen molar-refractivity contribution in [3.63, 3.8) is 0 Å². The fourth-order valence-electron chi connectivity index (χ4n) is 2.90. The summed E-state index contributed by atoms with van der Waals surface area (Å²) < 4.78 is 0. The summed E-state index contributed by atoms with van der Waals surface area (Å²) in [5, 5.41) is 6.18. The third kappa shape index (κ3) is 6.99. The van der Waals surface area contributed by atoms with Gasteiger partial charge in [0.15, 0.2) is 0 Å². The van der Waals surface area contributed by atoms with Gasteiger partial charge in [-0.2, -0.15) is 11.8 Å². The van der Waals surface area contributed by atoms with Crippen LogP contribution in [0, 0.1) is 0 Å². The van der Waals surface area contributed by atoms with Crippen LogP contribution in [0.25, 0.3) is 0 Å². The van der Waals surface area contributed by atoms with Gasteiger partial charge in [0.2, 0.25) is 5.91 Å². The molecule has 0 unspecified atom stereocenters. The van der Waals surface area contributed by atoms with E-state index >= 15 is 0 Å². The molecule has 0 heterocycles. The van der Waals surface area contributed by atoms with Crippen LogP contribution in [0.15, 0.2) is 18.2 Å². The molecule has 1 saturated carbocycles. The Labute approximate surface area is 170 Å². The number of benzene rings is 1. The van der Waals surface area contributed by atoms with Crippen molar-refractivity contribution in [1.29, 1.82) is 0 Å². The fourth-order valence-corrected chi connectivity index (χ4v) is 3.59. The second-order valence-corrected chi connectivity index (χ2v) is 7.77. The SMILES string of the molecule is CSCC[C@H](N)C(=O)Nc1ccc(Cl)c(C(=O)NC2CCCCC2)c1.Cl. The number of hydrogen-bond donors (Lipinski definition) is 3. The van der Waals surface area contributed by atoms with E-state index < -0.39 is 6.04 Å². The van der Waals surface area contributed by atoms with E-state index in [-0.39, 0.29) is 30.3 Å². The van der Waals surface area contributed by atoms with Crippen LogP contribution in [-0.2, 0) is 4.79 Å². The maximum Gasteiger partial charge on any atom is 0.253 e. The van der Waals surface area contributed by atoms with Gasteiger partial charge in [-0.25, -0.2) is 0 Å². The maximum absolute atomic E-state index is 12.5. The van der Waals surface area contributed by atoms with Crippen molar-refractivity contribution >= 4 is 53.3 Å². The summed E-state index contributed by atoms with van der Waals surface area (Å²) in [6.45, 7) is 0. The zero-order valence-corrected chi connectivity index (χ0v) is 17.3. The highest BCUT2D eigenvalue weighted by Crippen LogP contribution is 2.23. The van der Waals surface area contributed by atoms with Crippen LogP contribution < -0.4 is 16.4 Å². The van der Waals surface area contributed by atoms with Gasteiger partial charge < -0.3 is 16.4 Å². The standard InChI is InChI=1S/C18H26ClN3O2S.ClH/c1-25-10-9-16(20)18(24)22-13-7-8-15(19)14(11-13)17(23)21-12-5-3-2-4-6-12;/h7-8,11-12,16H,2-6,9-10,20H2,1H3,(H,21,23)(H,22,24);1H/t16-;/m0./s1. The first-order chi connectivity index (χ1) is 12.0. The van der Waals surface area contributed by atoms with Crippen LogP contribution in [0.2, 0.25) is 5.02 Å². The zero-order chi connectivity index (χ0) is 18.2. The Morgan fingerprint density at radius 2 is 2.00 bits per heavy atom. The van der Waals surface area contributed by atoms with Crippen molar-refractivity contribution in [2.45, 2.75) is 50.6 Å². The lowest BCUT2D eigenvalue weighted by Crippen LogP contribution is -2.37. The van der Waals surface area contributed by atoms with E-state index in [0.717, 1.165) is 31.4 Å². The first-order valence-corrected chi connectivity index (χ1v) is 10.4. The summed E-state index contributed by atoms with van der Waals surface area (Å²) >= 11 is 7.82. The monoisotopic (exact) mass is 419 g/mol. The van der Waals surface area contributed by atoms with Gasteiger partial charge in [-0.3, -0.25) is 9.59 Å². The molecule has 146 valence electrons. The molecule has 8 heteroatoms. The minimum Gasteiger partial charge on any atom is -0.349 e. The Hall–Kier alpha value is -0.950. The summed E-state index contributed by atoms with van der Waals surface area (Å²) in [6.07, 6.45) is 8.10. The van der Waals surface area contributed by atoms with Crippen molar-refractivity contribution in [1.82, 2.24) is 5.32 Å². The van der Waals surface area contributed by atoms with E-state index in [1.54, 1.807) is 30.0 Å². The van der Waals surface area contributed by atoms with Crippen molar-refractivity contribution in [2.24, 2.45) is 5.73 Å². The van der Waals surface area contributed by atoms with Gasteiger partial charge in [-0.05, 0) is 49.5 Å². The molecule has 5 nitrogen and oxygen atoms in total. The second-order valence-electron chi connectivity index (χ2n) is 6.38. The largest absolute Gasteiger partial charge is 0.349 e. The minimum absolute atomic E-state index is 0. The second kappa shape index (κ2) is 11.7. The highest BCUT2D eigenvalue weighted by Gasteiger charge is 2.19.